The number of methoxy groups -OCH3 is 1. The van der Waals surface area contributed by atoms with Crippen LogP contribution in [0.15, 0.2) is 30.3 Å². The Balaban J connectivity index is 1.46. The van der Waals surface area contributed by atoms with E-state index in [1.807, 2.05) is 49.1 Å². The molecule has 1 aromatic heterocycles. The van der Waals surface area contributed by atoms with Crippen LogP contribution in [0.3, 0.4) is 0 Å². The van der Waals surface area contributed by atoms with E-state index in [1.165, 1.54) is 0 Å². The fourth-order valence-corrected chi connectivity index (χ4v) is 4.16. The molecule has 1 aliphatic carbocycles. The highest BCUT2D eigenvalue weighted by atomic mass is 16.5. The van der Waals surface area contributed by atoms with Gasteiger partial charge in [0.1, 0.15) is 11.6 Å². The molecule has 1 amide bonds. The van der Waals surface area contributed by atoms with Crippen molar-refractivity contribution in [1.82, 2.24) is 14.9 Å². The molecule has 2 aromatic rings. The number of para-hydroxylation sites is 1. The monoisotopic (exact) mass is 395 g/mol. The van der Waals surface area contributed by atoms with E-state index in [1.54, 1.807) is 7.11 Å². The second kappa shape index (κ2) is 7.89. The zero-order valence-corrected chi connectivity index (χ0v) is 17.4. The average Bonchev–Trinajstić information content (AvgIpc) is 3.55. The molecule has 2 heterocycles. The molecule has 0 bridgehead atoms. The predicted molar refractivity (Wildman–Crippen MR) is 114 cm³/mol. The maximum Gasteiger partial charge on any atom is 0.233 e. The second-order valence-corrected chi connectivity index (χ2v) is 7.78. The molecule has 29 heavy (non-hydrogen) atoms. The summed E-state index contributed by atoms with van der Waals surface area (Å²) in [7, 11) is 1.67. The van der Waals surface area contributed by atoms with Crippen LogP contribution in [-0.2, 0) is 10.2 Å². The van der Waals surface area contributed by atoms with Crippen molar-refractivity contribution in [3.8, 4) is 5.75 Å². The van der Waals surface area contributed by atoms with E-state index >= 15 is 0 Å². The Labute approximate surface area is 172 Å². The predicted octanol–water partition coefficient (Wildman–Crippen LogP) is 2.61. The lowest BCUT2D eigenvalue weighted by Crippen LogP contribution is -2.51. The van der Waals surface area contributed by atoms with Crippen LogP contribution in [0.5, 0.6) is 5.75 Å². The minimum absolute atomic E-state index is 0.230. The molecule has 1 saturated heterocycles. The molecule has 7 nitrogen and oxygen atoms in total. The highest BCUT2D eigenvalue weighted by Crippen LogP contribution is 2.52. The Hall–Kier alpha value is -2.83. The van der Waals surface area contributed by atoms with E-state index in [4.69, 9.17) is 4.74 Å². The van der Waals surface area contributed by atoms with Crippen LogP contribution in [0.2, 0.25) is 0 Å². The molecule has 7 heteroatoms. The van der Waals surface area contributed by atoms with E-state index < -0.39 is 5.41 Å². The van der Waals surface area contributed by atoms with E-state index in [-0.39, 0.29) is 5.91 Å². The number of carbonyl (C=O) groups is 1. The van der Waals surface area contributed by atoms with E-state index in [0.29, 0.717) is 19.0 Å². The van der Waals surface area contributed by atoms with Gasteiger partial charge in [-0.2, -0.15) is 4.98 Å². The summed E-state index contributed by atoms with van der Waals surface area (Å²) in [6, 6.07) is 9.93. The molecule has 1 saturated carbocycles. The van der Waals surface area contributed by atoms with Crippen molar-refractivity contribution in [2.75, 3.05) is 50.1 Å². The summed E-state index contributed by atoms with van der Waals surface area (Å²) in [5.41, 5.74) is 1.56. The lowest BCUT2D eigenvalue weighted by Gasteiger charge is -2.37. The lowest BCUT2D eigenvalue weighted by molar-refractivity contribution is -0.134. The molecule has 0 radical (unpaired) electrons. The molecule has 1 aliphatic heterocycles. The summed E-state index contributed by atoms with van der Waals surface area (Å²) >= 11 is 0. The Morgan fingerprint density at radius 1 is 1.17 bits per heavy atom. The number of carbonyl (C=O) groups excluding carboxylic acids is 1. The van der Waals surface area contributed by atoms with Gasteiger partial charge in [-0.05, 0) is 32.8 Å². The molecule has 0 spiro atoms. The largest absolute Gasteiger partial charge is 0.496 e. The number of aryl methyl sites for hydroxylation is 1. The number of nitrogens with one attached hydrogen (secondary N) is 1. The average molecular weight is 396 g/mol. The molecule has 154 valence electrons. The summed E-state index contributed by atoms with van der Waals surface area (Å²) in [5, 5.41) is 3.19. The quantitative estimate of drug-likeness (QED) is 0.811. The van der Waals surface area contributed by atoms with Crippen molar-refractivity contribution in [2.24, 2.45) is 0 Å². The number of piperazine rings is 1. The van der Waals surface area contributed by atoms with Gasteiger partial charge >= 0.3 is 0 Å². The smallest absolute Gasteiger partial charge is 0.233 e. The van der Waals surface area contributed by atoms with Crippen LogP contribution in [-0.4, -0.2) is 60.6 Å². The third-order valence-electron chi connectivity index (χ3n) is 5.85. The van der Waals surface area contributed by atoms with E-state index in [9.17, 15) is 4.79 Å². The molecular formula is C22H29N5O2. The Morgan fingerprint density at radius 3 is 2.55 bits per heavy atom. The highest BCUT2D eigenvalue weighted by Gasteiger charge is 2.54. The van der Waals surface area contributed by atoms with Crippen molar-refractivity contribution in [3.05, 3.63) is 41.6 Å². The molecular weight excluding hydrogens is 366 g/mol. The maximum absolute atomic E-state index is 13.4. The van der Waals surface area contributed by atoms with Gasteiger partial charge in [-0.15, -0.1) is 0 Å². The summed E-state index contributed by atoms with van der Waals surface area (Å²) < 4.78 is 5.53. The molecule has 2 aliphatic rings. The highest BCUT2D eigenvalue weighted by molar-refractivity contribution is 5.92. The summed E-state index contributed by atoms with van der Waals surface area (Å²) in [4.78, 5) is 26.7. The van der Waals surface area contributed by atoms with Crippen molar-refractivity contribution in [3.63, 3.8) is 0 Å². The van der Waals surface area contributed by atoms with Gasteiger partial charge in [-0.25, -0.2) is 4.98 Å². The van der Waals surface area contributed by atoms with Gasteiger partial charge in [0, 0.05) is 50.0 Å². The standard InChI is InChI=1S/C22H29N5O2/c1-4-23-21-24-16(2)15-19(25-21)26-11-13-27(14-12-26)20(28)22(9-10-22)17-7-5-6-8-18(17)29-3/h5-8,15H,4,9-14H2,1-3H3,(H,23,24,25). The first-order chi connectivity index (χ1) is 14.1. The van der Waals surface area contributed by atoms with E-state index in [0.717, 1.165) is 55.3 Å². The van der Waals surface area contributed by atoms with Crippen LogP contribution in [0.4, 0.5) is 11.8 Å². The minimum Gasteiger partial charge on any atom is -0.496 e. The summed E-state index contributed by atoms with van der Waals surface area (Å²) in [5.74, 6) is 2.62. The third-order valence-corrected chi connectivity index (χ3v) is 5.85. The molecule has 1 N–H and O–H groups in total. The number of aromatic nitrogens is 2. The number of nitrogens with zero attached hydrogens (tertiary/aromatic N) is 4. The number of ether oxygens (including phenoxy) is 1. The molecule has 4 rings (SSSR count). The topological polar surface area (TPSA) is 70.6 Å². The second-order valence-electron chi connectivity index (χ2n) is 7.78. The third kappa shape index (κ3) is 3.73. The fourth-order valence-electron chi connectivity index (χ4n) is 4.16. The number of rotatable bonds is 6. The molecule has 2 fully saturated rings. The van der Waals surface area contributed by atoms with Gasteiger partial charge in [0.05, 0.1) is 12.5 Å². The molecule has 1 aromatic carbocycles. The van der Waals surface area contributed by atoms with Gasteiger partial charge in [-0.3, -0.25) is 4.79 Å². The maximum atomic E-state index is 13.4. The number of benzene rings is 1. The lowest BCUT2D eigenvalue weighted by atomic mass is 9.93. The summed E-state index contributed by atoms with van der Waals surface area (Å²) in [6.07, 6.45) is 1.78. The van der Waals surface area contributed by atoms with Gasteiger partial charge < -0.3 is 19.9 Å². The molecule has 0 unspecified atom stereocenters. The van der Waals surface area contributed by atoms with Gasteiger partial charge in [-0.1, -0.05) is 18.2 Å². The molecule has 0 atom stereocenters. The zero-order chi connectivity index (χ0) is 20.4. The Bertz CT molecular complexity index is 889. The van der Waals surface area contributed by atoms with Crippen molar-refractivity contribution in [2.45, 2.75) is 32.1 Å². The summed E-state index contributed by atoms with van der Waals surface area (Å²) in [6.45, 7) is 7.76. The first-order valence-electron chi connectivity index (χ1n) is 10.3. The van der Waals surface area contributed by atoms with Crippen molar-refractivity contribution < 1.29 is 9.53 Å². The van der Waals surface area contributed by atoms with Crippen molar-refractivity contribution >= 4 is 17.7 Å². The number of hydrogen-bond donors (Lipinski definition) is 1. The van der Waals surface area contributed by atoms with Crippen LogP contribution in [0.25, 0.3) is 0 Å². The number of hydrogen-bond acceptors (Lipinski definition) is 6. The first-order valence-corrected chi connectivity index (χ1v) is 10.3. The van der Waals surface area contributed by atoms with Gasteiger partial charge in [0.25, 0.3) is 0 Å². The van der Waals surface area contributed by atoms with Crippen LogP contribution in [0, 0.1) is 6.92 Å². The van der Waals surface area contributed by atoms with Gasteiger partial charge in [0.2, 0.25) is 11.9 Å². The minimum atomic E-state index is -0.404. The van der Waals surface area contributed by atoms with Crippen molar-refractivity contribution in [1.29, 1.82) is 0 Å². The first kappa shape index (κ1) is 19.5. The zero-order valence-electron chi connectivity index (χ0n) is 17.4. The normalized spacial score (nSPS) is 17.8. The van der Waals surface area contributed by atoms with Crippen LogP contribution < -0.4 is 15.0 Å². The van der Waals surface area contributed by atoms with Crippen LogP contribution >= 0.6 is 0 Å². The number of anilines is 2. The van der Waals surface area contributed by atoms with E-state index in [2.05, 4.69) is 20.2 Å². The van der Waals surface area contributed by atoms with Gasteiger partial charge in [0.15, 0.2) is 0 Å². The fraction of sp³-hybridized carbons (Fsp3) is 0.500. The van der Waals surface area contributed by atoms with Crippen LogP contribution in [0.1, 0.15) is 31.0 Å². The Morgan fingerprint density at radius 2 is 1.90 bits per heavy atom. The SMILES string of the molecule is CCNc1nc(C)cc(N2CCN(C(=O)C3(c4ccccc4OC)CC3)CC2)n1. The Kier molecular flexibility index (Phi) is 5.30. The number of amides is 1.